The van der Waals surface area contributed by atoms with Crippen LogP contribution >= 0.6 is 0 Å². The number of nitrogens with one attached hydrogen (secondary N) is 1. The smallest absolute Gasteiger partial charge is 0.445 e. The first-order valence-corrected chi connectivity index (χ1v) is 11.7. The molecular weight excluding hydrogens is 425 g/mol. The van der Waals surface area contributed by atoms with E-state index < -0.39 is 24.4 Å². The molecule has 0 saturated carbocycles. The van der Waals surface area contributed by atoms with Gasteiger partial charge in [-0.3, -0.25) is 0 Å². The summed E-state index contributed by atoms with van der Waals surface area (Å²) in [4.78, 5) is 12.5. The fourth-order valence-corrected chi connectivity index (χ4v) is 3.94. The highest BCUT2D eigenvalue weighted by Crippen LogP contribution is 2.39. The lowest BCUT2D eigenvalue weighted by molar-refractivity contribution is 0.00578. The first-order chi connectivity index (χ1) is 16.2. The zero-order valence-electron chi connectivity index (χ0n) is 20.6. The van der Waals surface area contributed by atoms with E-state index in [4.69, 9.17) is 14.0 Å². The number of benzene rings is 3. The van der Waals surface area contributed by atoms with E-state index >= 15 is 0 Å². The second-order valence-electron chi connectivity index (χ2n) is 9.74. The normalized spacial score (nSPS) is 17.1. The summed E-state index contributed by atoms with van der Waals surface area (Å²) in [6, 6.07) is 22.1. The van der Waals surface area contributed by atoms with Gasteiger partial charge in [-0.05, 0) is 67.6 Å². The Morgan fingerprint density at radius 3 is 2.21 bits per heavy atom. The van der Waals surface area contributed by atoms with Crippen LogP contribution in [0.25, 0.3) is 16.8 Å². The van der Waals surface area contributed by atoms with Crippen LogP contribution < -0.4 is 5.32 Å². The maximum atomic E-state index is 12.5. The quantitative estimate of drug-likeness (QED) is 0.455. The van der Waals surface area contributed by atoms with E-state index in [1.165, 1.54) is 10.9 Å². The molecule has 3 aromatic rings. The Morgan fingerprint density at radius 1 is 0.912 bits per heavy atom. The largest absolute Gasteiger partial charge is 0.492 e. The molecule has 0 radical (unpaired) electrons. The van der Waals surface area contributed by atoms with E-state index in [0.717, 1.165) is 22.0 Å². The average Bonchev–Trinajstić information content (AvgIpc) is 3.04. The summed E-state index contributed by atoms with van der Waals surface area (Å²) >= 11 is 0. The molecule has 1 aliphatic rings. The summed E-state index contributed by atoms with van der Waals surface area (Å²) in [6.45, 7) is 10.6. The number of aryl methyl sites for hydroxylation is 1. The van der Waals surface area contributed by atoms with Gasteiger partial charge >= 0.3 is 13.2 Å². The fourth-order valence-electron chi connectivity index (χ4n) is 3.94. The molecule has 5 nitrogen and oxygen atoms in total. The monoisotopic (exact) mass is 457 g/mol. The first kappa shape index (κ1) is 24.1. The van der Waals surface area contributed by atoms with Crippen molar-refractivity contribution < 1.29 is 18.8 Å². The van der Waals surface area contributed by atoms with Gasteiger partial charge in [0, 0.05) is 6.54 Å². The van der Waals surface area contributed by atoms with Gasteiger partial charge in [-0.15, -0.1) is 0 Å². The summed E-state index contributed by atoms with van der Waals surface area (Å²) in [6.07, 6.45) is 1.57. The number of carbonyl (C=O) groups is 1. The molecule has 1 saturated heterocycles. The van der Waals surface area contributed by atoms with Crippen molar-refractivity contribution in [1.82, 2.24) is 5.32 Å². The molecular formula is C28H32BNO4. The van der Waals surface area contributed by atoms with Gasteiger partial charge < -0.3 is 19.4 Å². The molecule has 34 heavy (non-hydrogen) atoms. The van der Waals surface area contributed by atoms with Crippen LogP contribution in [0.3, 0.4) is 0 Å². The number of ether oxygens (including phenoxy) is 1. The van der Waals surface area contributed by atoms with Crippen LogP contribution in [0.15, 0.2) is 72.2 Å². The molecule has 1 amide bonds. The third-order valence-corrected chi connectivity index (χ3v) is 6.72. The Bertz CT molecular complexity index is 1190. The van der Waals surface area contributed by atoms with Crippen molar-refractivity contribution in [3.8, 4) is 0 Å². The van der Waals surface area contributed by atoms with Gasteiger partial charge in [-0.1, -0.05) is 72.8 Å². The Morgan fingerprint density at radius 2 is 1.53 bits per heavy atom. The SMILES string of the molecule is Cc1ccc(C=C(CNC(=O)OCc2ccccc2)B2OC(C)(C)C(C)(C)O2)c2ccccc12. The third kappa shape index (κ3) is 5.19. The predicted molar refractivity (Wildman–Crippen MR) is 137 cm³/mol. The number of fused-ring (bicyclic) bond motifs is 1. The average molecular weight is 457 g/mol. The van der Waals surface area contributed by atoms with Crippen LogP contribution in [-0.4, -0.2) is 31.0 Å². The Kier molecular flexibility index (Phi) is 6.83. The number of alkyl carbamates (subject to hydrolysis) is 1. The van der Waals surface area contributed by atoms with Crippen LogP contribution in [-0.2, 0) is 20.7 Å². The number of rotatable bonds is 6. The highest BCUT2D eigenvalue weighted by molar-refractivity contribution is 6.56. The second kappa shape index (κ2) is 9.65. The van der Waals surface area contributed by atoms with Crippen molar-refractivity contribution >= 4 is 30.1 Å². The van der Waals surface area contributed by atoms with E-state index in [2.05, 4.69) is 42.6 Å². The van der Waals surface area contributed by atoms with Crippen LogP contribution in [0.5, 0.6) is 0 Å². The van der Waals surface area contributed by atoms with E-state index in [1.807, 2.05) is 70.2 Å². The zero-order valence-corrected chi connectivity index (χ0v) is 20.6. The minimum atomic E-state index is -0.584. The van der Waals surface area contributed by atoms with Gasteiger partial charge in [0.1, 0.15) is 6.61 Å². The molecule has 0 atom stereocenters. The molecule has 0 aromatic heterocycles. The summed E-state index contributed by atoms with van der Waals surface area (Å²) in [5.74, 6) is 0. The number of amides is 1. The van der Waals surface area contributed by atoms with Gasteiger partial charge in [-0.2, -0.15) is 0 Å². The van der Waals surface area contributed by atoms with Crippen LogP contribution in [0.4, 0.5) is 4.79 Å². The second-order valence-corrected chi connectivity index (χ2v) is 9.74. The topological polar surface area (TPSA) is 56.8 Å². The first-order valence-electron chi connectivity index (χ1n) is 11.7. The Labute approximate surface area is 202 Å². The van der Waals surface area contributed by atoms with Gasteiger partial charge in [0.25, 0.3) is 0 Å². The molecule has 1 fully saturated rings. The molecule has 4 rings (SSSR count). The molecule has 3 aromatic carbocycles. The lowest BCUT2D eigenvalue weighted by Crippen LogP contribution is -2.41. The summed E-state index contributed by atoms with van der Waals surface area (Å²) in [7, 11) is -0.584. The highest BCUT2D eigenvalue weighted by Gasteiger charge is 2.52. The van der Waals surface area contributed by atoms with E-state index in [0.29, 0.717) is 0 Å². The highest BCUT2D eigenvalue weighted by atomic mass is 16.7. The molecule has 6 heteroatoms. The van der Waals surface area contributed by atoms with Gasteiger partial charge in [0.2, 0.25) is 0 Å². The number of hydrogen-bond donors (Lipinski definition) is 1. The molecule has 0 unspecified atom stereocenters. The van der Waals surface area contributed by atoms with Gasteiger partial charge in [0.05, 0.1) is 11.2 Å². The van der Waals surface area contributed by atoms with E-state index in [1.54, 1.807) is 0 Å². The van der Waals surface area contributed by atoms with E-state index in [9.17, 15) is 4.79 Å². The lowest BCUT2D eigenvalue weighted by atomic mass is 9.76. The molecule has 176 valence electrons. The number of carbonyl (C=O) groups excluding carboxylic acids is 1. The van der Waals surface area contributed by atoms with Crippen LogP contribution in [0.2, 0.25) is 0 Å². The van der Waals surface area contributed by atoms with Gasteiger partial charge in [-0.25, -0.2) is 4.79 Å². The van der Waals surface area contributed by atoms with Gasteiger partial charge in [0.15, 0.2) is 0 Å². The summed E-state index contributed by atoms with van der Waals surface area (Å²) in [5.41, 5.74) is 3.05. The van der Waals surface area contributed by atoms with Crippen LogP contribution in [0, 0.1) is 6.92 Å². The molecule has 1 N–H and O–H groups in total. The van der Waals surface area contributed by atoms with Crippen LogP contribution in [0.1, 0.15) is 44.4 Å². The molecule has 1 aliphatic heterocycles. The fraction of sp³-hybridized carbons (Fsp3) is 0.321. The third-order valence-electron chi connectivity index (χ3n) is 6.72. The molecule has 0 aliphatic carbocycles. The maximum absolute atomic E-state index is 12.5. The summed E-state index contributed by atoms with van der Waals surface area (Å²) < 4.78 is 18.0. The minimum absolute atomic E-state index is 0.213. The van der Waals surface area contributed by atoms with Crippen molar-refractivity contribution in [1.29, 1.82) is 0 Å². The maximum Gasteiger partial charge on any atom is 0.492 e. The van der Waals surface area contributed by atoms with Crippen molar-refractivity contribution in [3.63, 3.8) is 0 Å². The van der Waals surface area contributed by atoms with Crippen molar-refractivity contribution in [2.75, 3.05) is 6.54 Å². The Hall–Kier alpha value is -3.09. The Balaban J connectivity index is 1.58. The lowest BCUT2D eigenvalue weighted by Gasteiger charge is -2.32. The standard InChI is InChI=1S/C28H32BNO4/c1-20-15-16-22(25-14-10-9-13-24(20)25)17-23(29-33-27(2,3)28(4,5)34-29)18-30-26(31)32-19-21-11-7-6-8-12-21/h6-17H,18-19H2,1-5H3,(H,30,31). The summed E-state index contributed by atoms with van der Waals surface area (Å²) in [5, 5.41) is 5.21. The predicted octanol–water partition coefficient (Wildman–Crippen LogP) is 6.09. The molecule has 0 spiro atoms. The minimum Gasteiger partial charge on any atom is -0.445 e. The zero-order chi connectivity index (χ0) is 24.3. The molecule has 0 bridgehead atoms. The van der Waals surface area contributed by atoms with Crippen molar-refractivity contribution in [2.45, 2.75) is 52.4 Å². The van der Waals surface area contributed by atoms with Crippen molar-refractivity contribution in [3.05, 3.63) is 88.9 Å². The van der Waals surface area contributed by atoms with Crippen molar-refractivity contribution in [2.24, 2.45) is 0 Å². The molecule has 1 heterocycles. The number of hydrogen-bond acceptors (Lipinski definition) is 4. The van der Waals surface area contributed by atoms with E-state index in [-0.39, 0.29) is 13.2 Å².